The van der Waals surface area contributed by atoms with E-state index in [-0.39, 0.29) is 5.09 Å². The van der Waals surface area contributed by atoms with E-state index in [1.165, 1.54) is 6.07 Å². The van der Waals surface area contributed by atoms with Gasteiger partial charge in [-0.15, -0.1) is 0 Å². The zero-order valence-electron chi connectivity index (χ0n) is 8.33. The highest BCUT2D eigenvalue weighted by Crippen LogP contribution is 2.27. The third-order valence-electron chi connectivity index (χ3n) is 1.85. The van der Waals surface area contributed by atoms with Crippen molar-refractivity contribution in [3.8, 4) is 0 Å². The van der Waals surface area contributed by atoms with Crippen molar-refractivity contribution in [2.45, 2.75) is 31.5 Å². The Labute approximate surface area is 83.0 Å². The van der Waals surface area contributed by atoms with E-state index < -0.39 is 15.5 Å². The first kappa shape index (κ1) is 11.2. The molecule has 1 aromatic heterocycles. The topological polar surface area (TPSA) is 100 Å². The molecule has 0 amide bonds. The Hall–Kier alpha value is -0.850. The number of hydrogen-bond donors (Lipinski definition) is 3. The number of nitrogens with one attached hydrogen (secondary N) is 1. The number of hydrogen-bond acceptors (Lipinski definition) is 4. The van der Waals surface area contributed by atoms with Crippen molar-refractivity contribution in [2.75, 3.05) is 0 Å². The molecule has 80 valence electrons. The third kappa shape index (κ3) is 2.14. The van der Waals surface area contributed by atoms with Gasteiger partial charge in [-0.2, -0.15) is 0 Å². The quantitative estimate of drug-likeness (QED) is 0.692. The van der Waals surface area contributed by atoms with Crippen LogP contribution in [0.3, 0.4) is 0 Å². The Morgan fingerprint density at radius 2 is 2.14 bits per heavy atom. The molecule has 0 bridgehead atoms. The van der Waals surface area contributed by atoms with Crippen LogP contribution in [-0.4, -0.2) is 9.32 Å². The average molecular weight is 218 g/mol. The van der Waals surface area contributed by atoms with Gasteiger partial charge in [0.25, 0.3) is 0 Å². The van der Waals surface area contributed by atoms with Gasteiger partial charge in [0.05, 0.1) is 5.60 Å². The lowest BCUT2D eigenvalue weighted by Gasteiger charge is -2.15. The van der Waals surface area contributed by atoms with Gasteiger partial charge in [0.15, 0.2) is 9.92 Å². The molecule has 0 fully saturated rings. The van der Waals surface area contributed by atoms with Crippen LogP contribution in [0.2, 0.25) is 0 Å². The van der Waals surface area contributed by atoms with Gasteiger partial charge in [-0.3, -0.25) is 0 Å². The van der Waals surface area contributed by atoms with E-state index in [0.29, 0.717) is 11.3 Å². The number of furan rings is 1. The highest BCUT2D eigenvalue weighted by Gasteiger charge is 2.24. The highest BCUT2D eigenvalue weighted by molar-refractivity contribution is 7.90. The fraction of sp³-hybridized carbons (Fsp3) is 0.500. The van der Waals surface area contributed by atoms with Gasteiger partial charge in [-0.25, -0.2) is 14.1 Å². The summed E-state index contributed by atoms with van der Waals surface area (Å²) < 4.78 is 23.3. The van der Waals surface area contributed by atoms with Gasteiger partial charge in [0.1, 0.15) is 5.76 Å². The minimum absolute atomic E-state index is 0.105. The van der Waals surface area contributed by atoms with E-state index in [9.17, 15) is 9.32 Å². The second-order valence-corrected chi connectivity index (χ2v) is 5.30. The molecule has 1 heterocycles. The maximum absolute atomic E-state index is 11.1. The van der Waals surface area contributed by atoms with E-state index in [1.54, 1.807) is 20.8 Å². The highest BCUT2D eigenvalue weighted by atomic mass is 32.2. The van der Waals surface area contributed by atoms with Gasteiger partial charge >= 0.3 is 0 Å². The van der Waals surface area contributed by atoms with Crippen LogP contribution in [0.1, 0.15) is 25.2 Å². The molecule has 0 spiro atoms. The summed E-state index contributed by atoms with van der Waals surface area (Å²) in [5.74, 6) is 0.429. The summed E-state index contributed by atoms with van der Waals surface area (Å²) in [5, 5.41) is 14.7. The Balaban J connectivity index is 3.33. The molecule has 0 aliphatic heterocycles. The van der Waals surface area contributed by atoms with Crippen LogP contribution in [0, 0.1) is 11.7 Å². The molecule has 0 aliphatic rings. The van der Waals surface area contributed by atoms with Crippen molar-refractivity contribution in [3.63, 3.8) is 0 Å². The van der Waals surface area contributed by atoms with Crippen LogP contribution in [0.15, 0.2) is 15.6 Å². The lowest BCUT2D eigenvalue weighted by atomic mass is 10.00. The fourth-order valence-electron chi connectivity index (χ4n) is 1.21. The van der Waals surface area contributed by atoms with Crippen LogP contribution in [-0.2, 0) is 15.5 Å². The van der Waals surface area contributed by atoms with E-state index >= 15 is 0 Å². The molecule has 0 radical (unpaired) electrons. The smallest absolute Gasteiger partial charge is 0.213 e. The molecule has 0 aromatic carbocycles. The van der Waals surface area contributed by atoms with Crippen LogP contribution >= 0.6 is 0 Å². The standard InChI is InChI=1S/C8H14N2O3S/c1-5-6(8(2,3)11)4-7(13-5)14(9,10)12/h4,11H,1-3H3,(H3,9,10,12). The van der Waals surface area contributed by atoms with Gasteiger partial charge in [0, 0.05) is 11.6 Å². The molecule has 1 atom stereocenters. The molecule has 1 rings (SSSR count). The predicted octanol–water partition coefficient (Wildman–Crippen LogP) is 1.09. The number of rotatable bonds is 2. The second-order valence-electron chi connectivity index (χ2n) is 3.69. The molecule has 0 aliphatic carbocycles. The van der Waals surface area contributed by atoms with Crippen molar-refractivity contribution in [1.82, 2.24) is 0 Å². The summed E-state index contributed by atoms with van der Waals surface area (Å²) in [6, 6.07) is 1.37. The third-order valence-corrected chi connectivity index (χ3v) is 2.65. The number of aryl methyl sites for hydroxylation is 1. The second kappa shape index (κ2) is 3.08. The molecule has 1 aromatic rings. The monoisotopic (exact) mass is 218 g/mol. The normalized spacial score (nSPS) is 16.6. The van der Waals surface area contributed by atoms with Crippen molar-refractivity contribution in [1.29, 1.82) is 4.78 Å². The maximum atomic E-state index is 11.1. The lowest BCUT2D eigenvalue weighted by molar-refractivity contribution is 0.0770. The van der Waals surface area contributed by atoms with E-state index in [4.69, 9.17) is 14.3 Å². The number of aliphatic hydroxyl groups is 1. The Morgan fingerprint density at radius 1 is 1.64 bits per heavy atom. The van der Waals surface area contributed by atoms with Crippen molar-refractivity contribution in [2.24, 2.45) is 5.14 Å². The van der Waals surface area contributed by atoms with Crippen molar-refractivity contribution >= 4 is 9.92 Å². The minimum Gasteiger partial charge on any atom is -0.450 e. The molecule has 14 heavy (non-hydrogen) atoms. The first-order chi connectivity index (χ1) is 6.12. The Bertz CT molecular complexity index is 440. The van der Waals surface area contributed by atoms with Crippen molar-refractivity contribution in [3.05, 3.63) is 17.4 Å². The summed E-state index contributed by atoms with van der Waals surface area (Å²) in [6.45, 7) is 4.79. The zero-order chi connectivity index (χ0) is 11.1. The largest absolute Gasteiger partial charge is 0.450 e. The summed E-state index contributed by atoms with van der Waals surface area (Å²) in [5.41, 5.74) is -0.589. The SMILES string of the molecule is Cc1oc(S(=N)(N)=O)cc1C(C)(C)O. The molecule has 6 heteroatoms. The molecular formula is C8H14N2O3S. The Morgan fingerprint density at radius 3 is 2.36 bits per heavy atom. The molecule has 0 saturated heterocycles. The summed E-state index contributed by atoms with van der Waals surface area (Å²) >= 11 is 0. The van der Waals surface area contributed by atoms with Gasteiger partial charge in [-0.1, -0.05) is 0 Å². The fourth-order valence-corrected chi connectivity index (χ4v) is 1.75. The van der Waals surface area contributed by atoms with Crippen LogP contribution in [0.5, 0.6) is 0 Å². The molecular weight excluding hydrogens is 204 g/mol. The number of nitrogens with two attached hydrogens (primary N) is 1. The molecule has 0 saturated carbocycles. The molecule has 4 N–H and O–H groups in total. The van der Waals surface area contributed by atoms with Crippen molar-refractivity contribution < 1.29 is 13.7 Å². The van der Waals surface area contributed by atoms with Gasteiger partial charge < -0.3 is 9.52 Å². The van der Waals surface area contributed by atoms with Gasteiger partial charge in [0.2, 0.25) is 5.09 Å². The zero-order valence-corrected chi connectivity index (χ0v) is 9.14. The summed E-state index contributed by atoms with van der Waals surface area (Å²) in [6.07, 6.45) is 0. The average Bonchev–Trinajstić information content (AvgIpc) is 2.27. The molecule has 1 unspecified atom stereocenters. The van der Waals surface area contributed by atoms with Crippen LogP contribution < -0.4 is 5.14 Å². The minimum atomic E-state index is -3.34. The summed E-state index contributed by atoms with van der Waals surface area (Å²) in [4.78, 5) is 0. The van der Waals surface area contributed by atoms with Crippen LogP contribution in [0.25, 0.3) is 0 Å². The Kier molecular flexibility index (Phi) is 2.47. The first-order valence-electron chi connectivity index (χ1n) is 4.02. The van der Waals surface area contributed by atoms with E-state index in [0.717, 1.165) is 0 Å². The maximum Gasteiger partial charge on any atom is 0.213 e. The van der Waals surface area contributed by atoms with Crippen LogP contribution in [0.4, 0.5) is 0 Å². The predicted molar refractivity (Wildman–Crippen MR) is 52.0 cm³/mol. The molecule has 5 nitrogen and oxygen atoms in total. The first-order valence-corrected chi connectivity index (χ1v) is 5.64. The van der Waals surface area contributed by atoms with E-state index in [1.807, 2.05) is 0 Å². The summed E-state index contributed by atoms with van der Waals surface area (Å²) in [7, 11) is -3.34. The van der Waals surface area contributed by atoms with Gasteiger partial charge in [-0.05, 0) is 20.8 Å². The lowest BCUT2D eigenvalue weighted by Crippen LogP contribution is -2.15. The van der Waals surface area contributed by atoms with E-state index in [2.05, 4.69) is 0 Å².